The van der Waals surface area contributed by atoms with Crippen molar-refractivity contribution in [1.29, 1.82) is 0 Å². The summed E-state index contributed by atoms with van der Waals surface area (Å²) in [5.41, 5.74) is 2.25. The lowest BCUT2D eigenvalue weighted by atomic mass is 9.90. The summed E-state index contributed by atoms with van der Waals surface area (Å²) in [5.74, 6) is 0.227. The van der Waals surface area contributed by atoms with Crippen LogP contribution in [0.25, 0.3) is 0 Å². The Morgan fingerprint density at radius 2 is 1.30 bits per heavy atom. The molecule has 4 fully saturated rings. The van der Waals surface area contributed by atoms with Gasteiger partial charge in [-0.2, -0.15) is 0 Å². The summed E-state index contributed by atoms with van der Waals surface area (Å²) in [6.07, 6.45) is 10.6. The number of halogens is 4. The first-order valence-electron chi connectivity index (χ1n) is 19.2. The Hall–Kier alpha value is -1.66. The second-order valence-electron chi connectivity index (χ2n) is 15.5. The molecular formula is C41H64Cl4N4O5. The highest BCUT2D eigenvalue weighted by Gasteiger charge is 2.33. The van der Waals surface area contributed by atoms with Gasteiger partial charge in [-0.15, -0.1) is 24.8 Å². The monoisotopic (exact) mass is 832 g/mol. The number of nitrogens with zero attached hydrogens (tertiary/aromatic N) is 2. The fraction of sp³-hybridized carbons (Fsp3) is 0.659. The van der Waals surface area contributed by atoms with Gasteiger partial charge in [-0.05, 0) is 127 Å². The van der Waals surface area contributed by atoms with E-state index in [1.165, 1.54) is 30.5 Å². The van der Waals surface area contributed by atoms with Gasteiger partial charge in [0.1, 0.15) is 11.4 Å². The van der Waals surface area contributed by atoms with E-state index < -0.39 is 5.60 Å². The number of ether oxygens (including phenoxy) is 3. The highest BCUT2D eigenvalue weighted by atomic mass is 35.5. The molecule has 54 heavy (non-hydrogen) atoms. The van der Waals surface area contributed by atoms with E-state index in [0.717, 1.165) is 74.2 Å². The molecule has 0 saturated carbocycles. The number of likely N-dealkylation sites (tertiary alicyclic amines) is 2. The largest absolute Gasteiger partial charge is 0.444 e. The molecule has 2 unspecified atom stereocenters. The second kappa shape index (κ2) is 24.9. The van der Waals surface area contributed by atoms with Crippen molar-refractivity contribution in [2.24, 2.45) is 0 Å². The number of methoxy groups -OCH3 is 2. The number of benzene rings is 2. The number of hydrogen-bond donors (Lipinski definition) is 2. The van der Waals surface area contributed by atoms with E-state index in [2.05, 4.69) is 39.8 Å². The third-order valence-electron chi connectivity index (χ3n) is 10.4. The Balaban J connectivity index is 0.000000284. The number of hydrogen-bond acceptors (Lipinski definition) is 8. The molecule has 4 saturated heterocycles. The lowest BCUT2D eigenvalue weighted by Gasteiger charge is -2.45. The first-order valence-corrected chi connectivity index (χ1v) is 19.9. The topological polar surface area (TPSA) is 92.4 Å². The fourth-order valence-electron chi connectivity index (χ4n) is 7.47. The summed E-state index contributed by atoms with van der Waals surface area (Å²) in [6, 6.07) is 18.3. The lowest BCUT2D eigenvalue weighted by molar-refractivity contribution is -0.121. The van der Waals surface area contributed by atoms with E-state index in [1.54, 1.807) is 12.0 Å². The quantitative estimate of drug-likeness (QED) is 0.289. The van der Waals surface area contributed by atoms with E-state index in [0.29, 0.717) is 50.2 Å². The fourth-order valence-corrected chi connectivity index (χ4v) is 7.72. The maximum atomic E-state index is 11.5. The predicted molar refractivity (Wildman–Crippen MR) is 225 cm³/mol. The molecule has 6 rings (SSSR count). The Morgan fingerprint density at radius 3 is 1.83 bits per heavy atom. The third kappa shape index (κ3) is 17.2. The highest BCUT2D eigenvalue weighted by Crippen LogP contribution is 2.28. The second-order valence-corrected chi connectivity index (χ2v) is 16.3. The van der Waals surface area contributed by atoms with Crippen LogP contribution < -0.4 is 10.6 Å². The highest BCUT2D eigenvalue weighted by molar-refractivity contribution is 6.30. The van der Waals surface area contributed by atoms with Gasteiger partial charge in [0.25, 0.3) is 0 Å². The van der Waals surface area contributed by atoms with Crippen molar-refractivity contribution in [1.82, 2.24) is 20.4 Å². The maximum absolute atomic E-state index is 11.5. The summed E-state index contributed by atoms with van der Waals surface area (Å²) in [4.78, 5) is 26.8. The molecule has 2 aromatic rings. The van der Waals surface area contributed by atoms with Crippen LogP contribution in [0.2, 0.25) is 10.0 Å². The minimum Gasteiger partial charge on any atom is -0.444 e. The summed E-state index contributed by atoms with van der Waals surface area (Å²) < 4.78 is 16.3. The minimum atomic E-state index is -0.460. The van der Waals surface area contributed by atoms with Crippen molar-refractivity contribution in [3.05, 3.63) is 69.7 Å². The first kappa shape index (κ1) is 48.5. The number of amides is 1. The number of ketones is 1. The van der Waals surface area contributed by atoms with Gasteiger partial charge in [0.05, 0.1) is 12.2 Å². The van der Waals surface area contributed by atoms with Crippen LogP contribution in [-0.2, 0) is 31.8 Å². The maximum Gasteiger partial charge on any atom is 0.410 e. The van der Waals surface area contributed by atoms with Crippen LogP contribution in [0.5, 0.6) is 0 Å². The summed E-state index contributed by atoms with van der Waals surface area (Å²) in [7, 11) is 3.65. The average Bonchev–Trinajstić information content (AvgIpc) is 3.14. The molecule has 0 aliphatic carbocycles. The van der Waals surface area contributed by atoms with Crippen LogP contribution in [0.3, 0.4) is 0 Å². The summed E-state index contributed by atoms with van der Waals surface area (Å²) in [6.45, 7) is 11.0. The molecule has 0 bridgehead atoms. The Bertz CT molecular complexity index is 1350. The Kier molecular flexibility index (Phi) is 22.3. The molecule has 0 radical (unpaired) electrons. The van der Waals surface area contributed by atoms with Crippen molar-refractivity contribution in [3.63, 3.8) is 0 Å². The molecule has 4 aliphatic heterocycles. The van der Waals surface area contributed by atoms with Gasteiger partial charge in [0.15, 0.2) is 0 Å². The lowest BCUT2D eigenvalue weighted by Crippen LogP contribution is -2.53. The summed E-state index contributed by atoms with van der Waals surface area (Å²) in [5, 5.41) is 8.63. The summed E-state index contributed by atoms with van der Waals surface area (Å²) >= 11 is 11.9. The Labute approximate surface area is 346 Å². The van der Waals surface area contributed by atoms with E-state index in [-0.39, 0.29) is 36.7 Å². The van der Waals surface area contributed by atoms with Crippen LogP contribution >= 0.6 is 48.0 Å². The third-order valence-corrected chi connectivity index (χ3v) is 10.9. The van der Waals surface area contributed by atoms with Gasteiger partial charge in [-0.3, -0.25) is 9.69 Å². The zero-order valence-corrected chi connectivity index (χ0v) is 36.0. The van der Waals surface area contributed by atoms with Crippen molar-refractivity contribution in [2.45, 2.75) is 121 Å². The number of rotatable bonds is 7. The first-order chi connectivity index (χ1) is 24.9. The zero-order valence-electron chi connectivity index (χ0n) is 32.8. The van der Waals surface area contributed by atoms with Crippen LogP contribution in [0.1, 0.15) is 83.3 Å². The van der Waals surface area contributed by atoms with Crippen LogP contribution in [0.4, 0.5) is 4.79 Å². The molecule has 2 aromatic carbocycles. The molecule has 9 nitrogen and oxygen atoms in total. The van der Waals surface area contributed by atoms with Gasteiger partial charge in [0, 0.05) is 74.9 Å². The van der Waals surface area contributed by atoms with Crippen LogP contribution in [0, 0.1) is 0 Å². The standard InChI is InChI=1S/C18H27ClN2O.C13H18ClNO.C10H17NO3.2ClH/c1-22-18-8-11-21(16-6-9-20-10-7-16)17(13-18)12-14-2-4-15(19)5-3-14;1-16-13-6-7-15-12(9-13)8-10-2-4-11(14)5-3-10;1-10(2,3)14-9(13)11-6-4-8(12)5-7-11;;/h2-5,16-18,20H,6-13H2,1H3;2-5,12-13,15H,6-9H2,1H3;4-7H2,1-3H3;2*1H/t17?,18-;12?,13-;;;/m11.../s1. The van der Waals surface area contributed by atoms with Crippen molar-refractivity contribution in [3.8, 4) is 0 Å². The smallest absolute Gasteiger partial charge is 0.410 e. The van der Waals surface area contributed by atoms with Gasteiger partial charge in [-0.25, -0.2) is 4.79 Å². The molecule has 306 valence electrons. The molecule has 2 N–H and O–H groups in total. The van der Waals surface area contributed by atoms with Crippen molar-refractivity contribution >= 4 is 59.9 Å². The minimum absolute atomic E-state index is 0. The molecule has 0 spiro atoms. The molecule has 1 amide bonds. The number of piperidine rings is 4. The van der Waals surface area contributed by atoms with E-state index in [9.17, 15) is 9.59 Å². The van der Waals surface area contributed by atoms with Gasteiger partial charge in [-0.1, -0.05) is 47.5 Å². The zero-order chi connectivity index (χ0) is 37.5. The number of nitrogens with one attached hydrogen (secondary N) is 2. The molecule has 0 aromatic heterocycles. The van der Waals surface area contributed by atoms with Gasteiger partial charge < -0.3 is 29.7 Å². The molecule has 4 atom stereocenters. The van der Waals surface area contributed by atoms with Gasteiger partial charge in [0.2, 0.25) is 0 Å². The average molecular weight is 835 g/mol. The van der Waals surface area contributed by atoms with Crippen molar-refractivity contribution < 1.29 is 23.8 Å². The van der Waals surface area contributed by atoms with E-state index in [1.807, 2.05) is 52.1 Å². The number of carbonyl (C=O) groups is 2. The van der Waals surface area contributed by atoms with E-state index in [4.69, 9.17) is 37.4 Å². The van der Waals surface area contributed by atoms with E-state index >= 15 is 0 Å². The number of Topliss-reactive ketones (excluding diaryl/α,β-unsaturated/α-hetero) is 1. The predicted octanol–water partition coefficient (Wildman–Crippen LogP) is 8.19. The molecular weight excluding hydrogens is 770 g/mol. The van der Waals surface area contributed by atoms with Gasteiger partial charge >= 0.3 is 6.09 Å². The molecule has 4 heterocycles. The molecule has 4 aliphatic rings. The molecule has 13 heteroatoms. The van der Waals surface area contributed by atoms with Crippen LogP contribution in [-0.4, -0.2) is 111 Å². The Morgan fingerprint density at radius 1 is 0.759 bits per heavy atom. The SMILES string of the molecule is CC(C)(C)OC(=O)N1CCC(=O)CC1.CO[C@@H]1CCN(C2CCNCC2)C(Cc2ccc(Cl)cc2)C1.CO[C@@H]1CCNC(Cc2ccc(Cl)cc2)C1.Cl.Cl. The van der Waals surface area contributed by atoms with Crippen LogP contribution in [0.15, 0.2) is 48.5 Å². The number of carbonyl (C=O) groups excluding carboxylic acids is 2. The normalized spacial score (nSPS) is 23.7. The van der Waals surface area contributed by atoms with Crippen molar-refractivity contribution in [2.75, 3.05) is 53.5 Å².